The zero-order valence-electron chi connectivity index (χ0n) is 8.09. The van der Waals surface area contributed by atoms with E-state index in [1.54, 1.807) is 32.0 Å². The standard InChI is InChI=1S/C10H13Cl2NO/c1-10(2,13)9(14)6-3-4-7(11)8(12)5-6/h3-5,9,14H,13H2,1-2H3/t9-/m0/s1. The number of aliphatic hydroxyl groups is 1. The van der Waals surface area contributed by atoms with Gasteiger partial charge in [-0.25, -0.2) is 0 Å². The normalized spacial score (nSPS) is 14.1. The summed E-state index contributed by atoms with van der Waals surface area (Å²) in [7, 11) is 0. The Balaban J connectivity index is 3.03. The number of benzene rings is 1. The minimum absolute atomic E-state index is 0.424. The van der Waals surface area contributed by atoms with E-state index in [9.17, 15) is 5.11 Å². The lowest BCUT2D eigenvalue weighted by atomic mass is 9.93. The van der Waals surface area contributed by atoms with E-state index < -0.39 is 11.6 Å². The Labute approximate surface area is 93.6 Å². The summed E-state index contributed by atoms with van der Waals surface area (Å²) in [6.07, 6.45) is -0.753. The van der Waals surface area contributed by atoms with Crippen LogP contribution in [0.2, 0.25) is 10.0 Å². The average Bonchev–Trinajstić information content (AvgIpc) is 2.07. The number of hydrogen-bond donors (Lipinski definition) is 2. The summed E-state index contributed by atoms with van der Waals surface area (Å²) in [6.45, 7) is 3.50. The molecule has 78 valence electrons. The van der Waals surface area contributed by atoms with Gasteiger partial charge in [-0.15, -0.1) is 0 Å². The molecule has 0 heterocycles. The summed E-state index contributed by atoms with van der Waals surface area (Å²) in [5.74, 6) is 0. The van der Waals surface area contributed by atoms with Crippen molar-refractivity contribution in [2.45, 2.75) is 25.5 Å². The minimum atomic E-state index is -0.753. The van der Waals surface area contributed by atoms with Gasteiger partial charge >= 0.3 is 0 Å². The summed E-state index contributed by atoms with van der Waals surface area (Å²) in [4.78, 5) is 0. The molecule has 0 aliphatic heterocycles. The quantitative estimate of drug-likeness (QED) is 0.826. The fourth-order valence-electron chi connectivity index (χ4n) is 1.11. The van der Waals surface area contributed by atoms with E-state index in [2.05, 4.69) is 0 Å². The third-order valence-electron chi connectivity index (χ3n) is 1.96. The first-order valence-electron chi connectivity index (χ1n) is 4.24. The van der Waals surface area contributed by atoms with Gasteiger partial charge in [0.15, 0.2) is 0 Å². The highest BCUT2D eigenvalue weighted by Crippen LogP contribution is 2.29. The van der Waals surface area contributed by atoms with E-state index in [-0.39, 0.29) is 0 Å². The van der Waals surface area contributed by atoms with Gasteiger partial charge in [0, 0.05) is 5.54 Å². The Morgan fingerprint density at radius 3 is 2.29 bits per heavy atom. The zero-order chi connectivity index (χ0) is 10.9. The van der Waals surface area contributed by atoms with Gasteiger partial charge in [-0.1, -0.05) is 29.3 Å². The van der Waals surface area contributed by atoms with Gasteiger partial charge in [-0.05, 0) is 31.5 Å². The number of rotatable bonds is 2. The van der Waals surface area contributed by atoms with Crippen LogP contribution in [0.1, 0.15) is 25.5 Å². The molecule has 0 aliphatic rings. The highest BCUT2D eigenvalue weighted by atomic mass is 35.5. The molecule has 1 atom stereocenters. The van der Waals surface area contributed by atoms with Crippen molar-refractivity contribution in [3.63, 3.8) is 0 Å². The predicted molar refractivity (Wildman–Crippen MR) is 59.7 cm³/mol. The Morgan fingerprint density at radius 1 is 1.29 bits per heavy atom. The molecule has 0 amide bonds. The molecule has 0 spiro atoms. The number of hydrogen-bond acceptors (Lipinski definition) is 2. The molecule has 0 aromatic heterocycles. The van der Waals surface area contributed by atoms with Crippen molar-refractivity contribution in [1.29, 1.82) is 0 Å². The second-order valence-corrected chi connectivity index (χ2v) is 4.71. The van der Waals surface area contributed by atoms with Crippen LogP contribution in [0.4, 0.5) is 0 Å². The topological polar surface area (TPSA) is 46.2 Å². The summed E-state index contributed by atoms with van der Waals surface area (Å²) in [5, 5.41) is 10.7. The fourth-order valence-corrected chi connectivity index (χ4v) is 1.42. The molecule has 1 aromatic rings. The lowest BCUT2D eigenvalue weighted by molar-refractivity contribution is 0.105. The zero-order valence-corrected chi connectivity index (χ0v) is 9.60. The molecule has 3 N–H and O–H groups in total. The smallest absolute Gasteiger partial charge is 0.0964 e. The van der Waals surface area contributed by atoms with Crippen LogP contribution in [-0.4, -0.2) is 10.6 Å². The summed E-state index contributed by atoms with van der Waals surface area (Å²) >= 11 is 11.6. The van der Waals surface area contributed by atoms with Crippen molar-refractivity contribution in [3.05, 3.63) is 33.8 Å². The monoisotopic (exact) mass is 233 g/mol. The van der Waals surface area contributed by atoms with Crippen LogP contribution in [0.3, 0.4) is 0 Å². The summed E-state index contributed by atoms with van der Waals surface area (Å²) in [6, 6.07) is 4.99. The fraction of sp³-hybridized carbons (Fsp3) is 0.400. The van der Waals surface area contributed by atoms with Crippen LogP contribution < -0.4 is 5.73 Å². The third kappa shape index (κ3) is 2.61. The number of halogens is 2. The maximum Gasteiger partial charge on any atom is 0.0964 e. The van der Waals surface area contributed by atoms with Crippen LogP contribution >= 0.6 is 23.2 Å². The van der Waals surface area contributed by atoms with Crippen molar-refractivity contribution in [3.8, 4) is 0 Å². The average molecular weight is 234 g/mol. The second-order valence-electron chi connectivity index (χ2n) is 3.90. The Bertz CT molecular complexity index is 333. The van der Waals surface area contributed by atoms with E-state index >= 15 is 0 Å². The van der Waals surface area contributed by atoms with Crippen LogP contribution in [0.15, 0.2) is 18.2 Å². The Hall–Kier alpha value is -0.280. The lowest BCUT2D eigenvalue weighted by Gasteiger charge is -2.26. The number of nitrogens with two attached hydrogens (primary N) is 1. The van der Waals surface area contributed by atoms with Crippen LogP contribution in [0.25, 0.3) is 0 Å². The summed E-state index contributed by atoms with van der Waals surface area (Å²) in [5.41, 5.74) is 5.75. The molecule has 0 aliphatic carbocycles. The molecule has 0 radical (unpaired) electrons. The van der Waals surface area contributed by atoms with Crippen molar-refractivity contribution >= 4 is 23.2 Å². The maximum absolute atomic E-state index is 9.85. The highest BCUT2D eigenvalue weighted by Gasteiger charge is 2.24. The molecular formula is C10H13Cl2NO. The van der Waals surface area contributed by atoms with Crippen LogP contribution in [0, 0.1) is 0 Å². The first-order chi connectivity index (χ1) is 6.32. The van der Waals surface area contributed by atoms with Crippen molar-refractivity contribution in [2.24, 2.45) is 5.73 Å². The highest BCUT2D eigenvalue weighted by molar-refractivity contribution is 6.42. The predicted octanol–water partition coefficient (Wildman–Crippen LogP) is 2.76. The molecular weight excluding hydrogens is 221 g/mol. The van der Waals surface area contributed by atoms with Gasteiger partial charge in [0.25, 0.3) is 0 Å². The van der Waals surface area contributed by atoms with Crippen LogP contribution in [-0.2, 0) is 0 Å². The minimum Gasteiger partial charge on any atom is -0.387 e. The Kier molecular flexibility index (Phi) is 3.43. The molecule has 0 bridgehead atoms. The molecule has 0 unspecified atom stereocenters. The molecule has 0 saturated heterocycles. The van der Waals surface area contributed by atoms with Crippen molar-refractivity contribution in [1.82, 2.24) is 0 Å². The van der Waals surface area contributed by atoms with E-state index in [1.165, 1.54) is 0 Å². The summed E-state index contributed by atoms with van der Waals surface area (Å²) < 4.78 is 0. The molecule has 0 saturated carbocycles. The second kappa shape index (κ2) is 4.07. The van der Waals surface area contributed by atoms with Gasteiger partial charge in [-0.3, -0.25) is 0 Å². The first-order valence-corrected chi connectivity index (χ1v) is 5.00. The largest absolute Gasteiger partial charge is 0.387 e. The maximum atomic E-state index is 9.85. The molecule has 2 nitrogen and oxygen atoms in total. The first kappa shape index (κ1) is 11.8. The van der Waals surface area contributed by atoms with Crippen molar-refractivity contribution < 1.29 is 5.11 Å². The molecule has 1 aromatic carbocycles. The van der Waals surface area contributed by atoms with Gasteiger partial charge in [0.05, 0.1) is 16.1 Å². The lowest BCUT2D eigenvalue weighted by Crippen LogP contribution is -2.39. The Morgan fingerprint density at radius 2 is 1.86 bits per heavy atom. The SMILES string of the molecule is CC(C)(N)[C@@H](O)c1ccc(Cl)c(Cl)c1. The van der Waals surface area contributed by atoms with Crippen molar-refractivity contribution in [2.75, 3.05) is 0 Å². The molecule has 14 heavy (non-hydrogen) atoms. The van der Waals surface area contributed by atoms with Gasteiger partial charge in [0.2, 0.25) is 0 Å². The third-order valence-corrected chi connectivity index (χ3v) is 2.70. The van der Waals surface area contributed by atoms with Gasteiger partial charge in [-0.2, -0.15) is 0 Å². The van der Waals surface area contributed by atoms with E-state index in [4.69, 9.17) is 28.9 Å². The van der Waals surface area contributed by atoms with E-state index in [1.807, 2.05) is 0 Å². The van der Waals surface area contributed by atoms with E-state index in [0.717, 1.165) is 0 Å². The van der Waals surface area contributed by atoms with Crippen LogP contribution in [0.5, 0.6) is 0 Å². The molecule has 1 rings (SSSR count). The van der Waals surface area contributed by atoms with Gasteiger partial charge < -0.3 is 10.8 Å². The van der Waals surface area contributed by atoms with E-state index in [0.29, 0.717) is 15.6 Å². The number of aliphatic hydroxyl groups excluding tert-OH is 1. The molecule has 4 heteroatoms. The molecule has 0 fully saturated rings. The van der Waals surface area contributed by atoms with Gasteiger partial charge in [0.1, 0.15) is 0 Å².